The molecule has 0 saturated heterocycles. The van der Waals surface area contributed by atoms with Crippen LogP contribution in [0, 0.1) is 0 Å². The van der Waals surface area contributed by atoms with Crippen molar-refractivity contribution in [3.8, 4) is 0 Å². The highest BCUT2D eigenvalue weighted by Crippen LogP contribution is 2.33. The zero-order chi connectivity index (χ0) is 13.9. The molecule has 1 aromatic carbocycles. The van der Waals surface area contributed by atoms with E-state index in [1.165, 1.54) is 6.07 Å². The van der Waals surface area contributed by atoms with E-state index in [9.17, 15) is 13.2 Å². The topological polar surface area (TPSA) is 37.8 Å². The van der Waals surface area contributed by atoms with Gasteiger partial charge in [-0.3, -0.25) is 0 Å². The van der Waals surface area contributed by atoms with Gasteiger partial charge in [0.2, 0.25) is 0 Å². The van der Waals surface area contributed by atoms with Crippen molar-refractivity contribution in [3.05, 3.63) is 52.5 Å². The lowest BCUT2D eigenvalue weighted by atomic mass is 10.2. The number of rotatable bonds is 3. The molecule has 1 N–H and O–H groups in total. The van der Waals surface area contributed by atoms with Gasteiger partial charge in [0, 0.05) is 22.6 Å². The lowest BCUT2D eigenvalue weighted by Gasteiger charge is -2.12. The van der Waals surface area contributed by atoms with Gasteiger partial charge in [0.05, 0.1) is 12.1 Å². The average molecular weight is 332 g/mol. The second-order valence-corrected chi connectivity index (χ2v) is 4.57. The molecule has 0 unspecified atom stereocenters. The van der Waals surface area contributed by atoms with E-state index in [1.807, 2.05) is 0 Å². The van der Waals surface area contributed by atoms with E-state index in [0.717, 1.165) is 12.1 Å². The number of hydrogen-bond donors (Lipinski definition) is 1. The summed E-state index contributed by atoms with van der Waals surface area (Å²) < 4.78 is 38.3. The SMILES string of the molecule is FC(F)(F)c1ccc(Br)c(NCc2ncccn2)c1. The molecule has 0 aliphatic rings. The predicted molar refractivity (Wildman–Crippen MR) is 68.5 cm³/mol. The molecule has 0 fully saturated rings. The quantitative estimate of drug-likeness (QED) is 0.927. The van der Waals surface area contributed by atoms with Gasteiger partial charge in [-0.2, -0.15) is 13.2 Å². The Hall–Kier alpha value is -1.63. The highest BCUT2D eigenvalue weighted by atomic mass is 79.9. The van der Waals surface area contributed by atoms with E-state index >= 15 is 0 Å². The fraction of sp³-hybridized carbons (Fsp3) is 0.167. The normalized spacial score (nSPS) is 11.4. The molecule has 0 spiro atoms. The lowest BCUT2D eigenvalue weighted by Crippen LogP contribution is -2.08. The summed E-state index contributed by atoms with van der Waals surface area (Å²) in [6.45, 7) is 0.251. The van der Waals surface area contributed by atoms with Crippen LogP contribution < -0.4 is 5.32 Å². The van der Waals surface area contributed by atoms with E-state index in [4.69, 9.17) is 0 Å². The zero-order valence-corrected chi connectivity index (χ0v) is 11.2. The molecular weight excluding hydrogens is 323 g/mol. The Balaban J connectivity index is 2.16. The number of alkyl halides is 3. The third-order valence-electron chi connectivity index (χ3n) is 2.35. The van der Waals surface area contributed by atoms with Crippen molar-refractivity contribution in [2.75, 3.05) is 5.32 Å². The molecule has 19 heavy (non-hydrogen) atoms. The molecule has 0 atom stereocenters. The largest absolute Gasteiger partial charge is 0.416 e. The monoisotopic (exact) mass is 331 g/mol. The summed E-state index contributed by atoms with van der Waals surface area (Å²) in [6, 6.07) is 5.10. The molecular formula is C12H9BrF3N3. The molecule has 2 rings (SSSR count). The summed E-state index contributed by atoms with van der Waals surface area (Å²) in [5.41, 5.74) is -0.352. The average Bonchev–Trinajstić information content (AvgIpc) is 2.37. The fourth-order valence-corrected chi connectivity index (χ4v) is 1.82. The molecule has 7 heteroatoms. The summed E-state index contributed by atoms with van der Waals surface area (Å²) in [5.74, 6) is 0.506. The van der Waals surface area contributed by atoms with Gasteiger partial charge in [0.15, 0.2) is 0 Å². The maximum absolute atomic E-state index is 12.6. The number of hydrogen-bond acceptors (Lipinski definition) is 3. The van der Waals surface area contributed by atoms with Crippen LogP contribution in [0.1, 0.15) is 11.4 Å². The number of aromatic nitrogens is 2. The molecule has 100 valence electrons. The Bertz CT molecular complexity index is 558. The first-order chi connectivity index (χ1) is 8.97. The van der Waals surface area contributed by atoms with Gasteiger partial charge < -0.3 is 5.32 Å². The summed E-state index contributed by atoms with van der Waals surface area (Å²) in [7, 11) is 0. The summed E-state index contributed by atoms with van der Waals surface area (Å²) >= 11 is 3.20. The van der Waals surface area contributed by atoms with Crippen LogP contribution in [0.4, 0.5) is 18.9 Å². The number of benzene rings is 1. The summed E-state index contributed by atoms with van der Waals surface area (Å²) in [6.07, 6.45) is -1.21. The minimum Gasteiger partial charge on any atom is -0.377 e. The maximum Gasteiger partial charge on any atom is 0.416 e. The minimum atomic E-state index is -4.36. The van der Waals surface area contributed by atoms with Crippen molar-refractivity contribution >= 4 is 21.6 Å². The Kier molecular flexibility index (Phi) is 4.04. The number of halogens is 4. The van der Waals surface area contributed by atoms with Gasteiger partial charge in [-0.1, -0.05) is 0 Å². The van der Waals surface area contributed by atoms with Crippen molar-refractivity contribution in [1.82, 2.24) is 9.97 Å². The van der Waals surface area contributed by atoms with Crippen LogP contribution in [0.15, 0.2) is 41.1 Å². The van der Waals surface area contributed by atoms with Crippen LogP contribution in [0.5, 0.6) is 0 Å². The Morgan fingerprint density at radius 3 is 2.47 bits per heavy atom. The van der Waals surface area contributed by atoms with Crippen LogP contribution in [-0.2, 0) is 12.7 Å². The Morgan fingerprint density at radius 2 is 1.84 bits per heavy atom. The first-order valence-electron chi connectivity index (χ1n) is 5.33. The molecule has 0 aliphatic heterocycles. The number of nitrogens with zero attached hydrogens (tertiary/aromatic N) is 2. The molecule has 2 aromatic rings. The van der Waals surface area contributed by atoms with E-state index in [0.29, 0.717) is 16.0 Å². The number of nitrogens with one attached hydrogen (secondary N) is 1. The Labute approximate surface area is 116 Å². The van der Waals surface area contributed by atoms with Crippen molar-refractivity contribution in [2.45, 2.75) is 12.7 Å². The molecule has 0 saturated carbocycles. The van der Waals surface area contributed by atoms with Gasteiger partial charge in [0.1, 0.15) is 5.82 Å². The van der Waals surface area contributed by atoms with Crippen molar-refractivity contribution in [1.29, 1.82) is 0 Å². The molecule has 0 amide bonds. The van der Waals surface area contributed by atoms with E-state index in [-0.39, 0.29) is 6.54 Å². The molecule has 0 aliphatic carbocycles. The van der Waals surface area contributed by atoms with Crippen LogP contribution >= 0.6 is 15.9 Å². The molecule has 1 aromatic heterocycles. The second kappa shape index (κ2) is 5.56. The Morgan fingerprint density at radius 1 is 1.16 bits per heavy atom. The van der Waals surface area contributed by atoms with Gasteiger partial charge >= 0.3 is 6.18 Å². The first-order valence-corrected chi connectivity index (χ1v) is 6.12. The van der Waals surface area contributed by atoms with E-state index < -0.39 is 11.7 Å². The van der Waals surface area contributed by atoms with Crippen LogP contribution in [0.2, 0.25) is 0 Å². The van der Waals surface area contributed by atoms with Gasteiger partial charge in [-0.25, -0.2) is 9.97 Å². The van der Waals surface area contributed by atoms with Crippen LogP contribution in [-0.4, -0.2) is 9.97 Å². The highest BCUT2D eigenvalue weighted by Gasteiger charge is 2.30. The smallest absolute Gasteiger partial charge is 0.377 e. The summed E-state index contributed by atoms with van der Waals surface area (Å²) in [5, 5.41) is 2.87. The number of anilines is 1. The fourth-order valence-electron chi connectivity index (χ4n) is 1.43. The second-order valence-electron chi connectivity index (χ2n) is 3.71. The van der Waals surface area contributed by atoms with Gasteiger partial charge in [0.25, 0.3) is 0 Å². The van der Waals surface area contributed by atoms with E-state index in [1.54, 1.807) is 18.5 Å². The van der Waals surface area contributed by atoms with E-state index in [2.05, 4.69) is 31.2 Å². The zero-order valence-electron chi connectivity index (χ0n) is 9.58. The summed E-state index contributed by atoms with van der Waals surface area (Å²) in [4.78, 5) is 7.97. The highest BCUT2D eigenvalue weighted by molar-refractivity contribution is 9.10. The third kappa shape index (κ3) is 3.66. The van der Waals surface area contributed by atoms with Crippen LogP contribution in [0.3, 0.4) is 0 Å². The maximum atomic E-state index is 12.6. The molecule has 3 nitrogen and oxygen atoms in total. The van der Waals surface area contributed by atoms with Crippen molar-refractivity contribution in [2.24, 2.45) is 0 Å². The molecule has 0 radical (unpaired) electrons. The molecule has 0 bridgehead atoms. The predicted octanol–water partition coefficient (Wildman–Crippen LogP) is 3.87. The lowest BCUT2D eigenvalue weighted by molar-refractivity contribution is -0.137. The van der Waals surface area contributed by atoms with Gasteiger partial charge in [-0.15, -0.1) is 0 Å². The van der Waals surface area contributed by atoms with Crippen LogP contribution in [0.25, 0.3) is 0 Å². The standard InChI is InChI=1S/C12H9BrF3N3/c13-9-3-2-8(12(14,15)16)6-10(9)19-7-11-17-4-1-5-18-11/h1-6,19H,7H2. The van der Waals surface area contributed by atoms with Gasteiger partial charge in [-0.05, 0) is 40.2 Å². The first kappa shape index (κ1) is 13.8. The molecule has 1 heterocycles. The van der Waals surface area contributed by atoms with Crippen molar-refractivity contribution < 1.29 is 13.2 Å². The third-order valence-corrected chi connectivity index (χ3v) is 3.04. The minimum absolute atomic E-state index is 0.251. The van der Waals surface area contributed by atoms with Crippen molar-refractivity contribution in [3.63, 3.8) is 0 Å².